The van der Waals surface area contributed by atoms with Crippen molar-refractivity contribution in [1.82, 2.24) is 25.1 Å². The summed E-state index contributed by atoms with van der Waals surface area (Å²) >= 11 is 6.30. The molecule has 2 fully saturated rings. The van der Waals surface area contributed by atoms with Crippen molar-refractivity contribution in [3.8, 4) is 11.3 Å². The number of H-pyrrole nitrogens is 1. The van der Waals surface area contributed by atoms with E-state index in [1.54, 1.807) is 18.5 Å². The zero-order chi connectivity index (χ0) is 19.3. The van der Waals surface area contributed by atoms with Gasteiger partial charge in [0.25, 0.3) is 0 Å². The molecule has 9 nitrogen and oxygen atoms in total. The Morgan fingerprint density at radius 2 is 2.07 bits per heavy atom. The number of aromatic amines is 1. The van der Waals surface area contributed by atoms with Crippen molar-refractivity contribution in [2.75, 3.05) is 36.9 Å². The van der Waals surface area contributed by atoms with E-state index in [4.69, 9.17) is 32.8 Å². The minimum atomic E-state index is 0. The molecule has 3 aromatic rings. The molecule has 1 spiro atoms. The van der Waals surface area contributed by atoms with Gasteiger partial charge in [0.2, 0.25) is 5.65 Å². The second kappa shape index (κ2) is 7.60. The lowest BCUT2D eigenvalue weighted by Gasteiger charge is -2.41. The van der Waals surface area contributed by atoms with Crippen LogP contribution >= 0.6 is 25.1 Å². The van der Waals surface area contributed by atoms with Gasteiger partial charge in [-0.15, -0.1) is 0 Å². The fourth-order valence-electron chi connectivity index (χ4n) is 4.15. The molecule has 11 heteroatoms. The number of rotatable bonds is 2. The van der Waals surface area contributed by atoms with Gasteiger partial charge in [0.1, 0.15) is 17.2 Å². The maximum Gasteiger partial charge on any atom is 0.202 e. The summed E-state index contributed by atoms with van der Waals surface area (Å²) in [6.07, 6.45) is 5.37. The molecule has 0 unspecified atom stereocenters. The van der Waals surface area contributed by atoms with Crippen LogP contribution < -0.4 is 16.4 Å². The number of nitrogen functional groups attached to an aromatic ring is 1. The third kappa shape index (κ3) is 3.29. The number of anilines is 2. The molecule has 5 rings (SSSR count). The Kier molecular flexibility index (Phi) is 5.28. The average molecular weight is 435 g/mol. The molecule has 154 valence electrons. The Morgan fingerprint density at radius 1 is 1.28 bits per heavy atom. The highest BCUT2D eigenvalue weighted by molar-refractivity contribution is 7.59. The molecule has 0 bridgehead atoms. The van der Waals surface area contributed by atoms with Crippen LogP contribution in [0.2, 0.25) is 5.02 Å². The van der Waals surface area contributed by atoms with E-state index in [0.29, 0.717) is 34.1 Å². The lowest BCUT2D eigenvalue weighted by atomic mass is 9.75. The monoisotopic (exact) mass is 434 g/mol. The largest absolute Gasteiger partial charge is 0.382 e. The van der Waals surface area contributed by atoms with Gasteiger partial charge >= 0.3 is 0 Å². The molecule has 2 aliphatic heterocycles. The molecule has 1 atom stereocenters. The first kappa shape index (κ1) is 20.1. The molecular formula is C18H23ClN8OS. The smallest absolute Gasteiger partial charge is 0.202 e. The van der Waals surface area contributed by atoms with E-state index in [1.165, 1.54) is 0 Å². The van der Waals surface area contributed by atoms with E-state index in [-0.39, 0.29) is 30.8 Å². The van der Waals surface area contributed by atoms with Crippen molar-refractivity contribution in [3.05, 3.63) is 23.5 Å². The van der Waals surface area contributed by atoms with Crippen LogP contribution in [0.1, 0.15) is 12.8 Å². The van der Waals surface area contributed by atoms with Gasteiger partial charge in [-0.25, -0.2) is 15.0 Å². The first-order valence-corrected chi connectivity index (χ1v) is 9.65. The number of hydrogen-bond donors (Lipinski definition) is 3. The number of nitrogens with one attached hydrogen (secondary N) is 1. The average Bonchev–Trinajstić information content (AvgIpc) is 3.28. The number of halogens is 1. The number of hydrogen-bond acceptors (Lipinski definition) is 8. The molecule has 29 heavy (non-hydrogen) atoms. The van der Waals surface area contributed by atoms with E-state index in [2.05, 4.69) is 25.1 Å². The lowest BCUT2D eigenvalue weighted by Crippen LogP contribution is -2.49. The summed E-state index contributed by atoms with van der Waals surface area (Å²) in [5.74, 6) is 1.08. The summed E-state index contributed by atoms with van der Waals surface area (Å²) in [6, 6.07) is 1.90. The van der Waals surface area contributed by atoms with Crippen LogP contribution in [-0.2, 0) is 4.74 Å². The Balaban J connectivity index is 0.00000205. The van der Waals surface area contributed by atoms with Gasteiger partial charge in [0.15, 0.2) is 0 Å². The van der Waals surface area contributed by atoms with Crippen LogP contribution in [0.3, 0.4) is 0 Å². The van der Waals surface area contributed by atoms with Crippen LogP contribution in [0.15, 0.2) is 18.5 Å². The maximum absolute atomic E-state index is 6.30. The summed E-state index contributed by atoms with van der Waals surface area (Å²) in [5, 5.41) is 7.67. The fraction of sp³-hybridized carbons (Fsp3) is 0.444. The molecule has 2 saturated heterocycles. The molecule has 2 aliphatic rings. The predicted octanol–water partition coefficient (Wildman–Crippen LogP) is 1.71. The zero-order valence-corrected chi connectivity index (χ0v) is 17.5. The highest BCUT2D eigenvalue weighted by Crippen LogP contribution is 2.39. The van der Waals surface area contributed by atoms with E-state index in [9.17, 15) is 0 Å². The van der Waals surface area contributed by atoms with Gasteiger partial charge in [-0.3, -0.25) is 5.10 Å². The Hall–Kier alpha value is -2.14. The van der Waals surface area contributed by atoms with Crippen molar-refractivity contribution in [3.63, 3.8) is 0 Å². The van der Waals surface area contributed by atoms with Crippen molar-refractivity contribution in [1.29, 1.82) is 0 Å². The first-order valence-electron chi connectivity index (χ1n) is 9.27. The quantitative estimate of drug-likeness (QED) is 0.555. The molecule has 3 aromatic heterocycles. The van der Waals surface area contributed by atoms with E-state index >= 15 is 0 Å². The third-order valence-electron chi connectivity index (χ3n) is 5.99. The SMILES string of the molecule is Nc1nccc(-c2[nH]nc3nc(N4CCC5(CC4)COC[C@H]5N)cnc23)c1Cl.S. The normalized spacial score (nSPS) is 20.9. The van der Waals surface area contributed by atoms with E-state index in [0.717, 1.165) is 38.4 Å². The second-order valence-electron chi connectivity index (χ2n) is 7.53. The summed E-state index contributed by atoms with van der Waals surface area (Å²) in [7, 11) is 0. The molecule has 0 radical (unpaired) electrons. The molecule has 0 aliphatic carbocycles. The number of ether oxygens (including phenoxy) is 1. The van der Waals surface area contributed by atoms with Gasteiger partial charge in [-0.2, -0.15) is 18.6 Å². The number of aromatic nitrogens is 5. The van der Waals surface area contributed by atoms with Crippen LogP contribution in [-0.4, -0.2) is 57.5 Å². The Labute approximate surface area is 179 Å². The van der Waals surface area contributed by atoms with Crippen LogP contribution in [0.5, 0.6) is 0 Å². The molecule has 5 heterocycles. The molecule has 0 amide bonds. The lowest BCUT2D eigenvalue weighted by molar-refractivity contribution is 0.131. The predicted molar refractivity (Wildman–Crippen MR) is 117 cm³/mol. The number of piperidine rings is 1. The first-order chi connectivity index (χ1) is 13.6. The van der Waals surface area contributed by atoms with E-state index < -0.39 is 0 Å². The molecule has 5 N–H and O–H groups in total. The van der Waals surface area contributed by atoms with Crippen LogP contribution in [0.25, 0.3) is 22.4 Å². The number of fused-ring (bicyclic) bond motifs is 1. The summed E-state index contributed by atoms with van der Waals surface area (Å²) in [6.45, 7) is 3.16. The van der Waals surface area contributed by atoms with Gasteiger partial charge in [-0.05, 0) is 18.9 Å². The highest BCUT2D eigenvalue weighted by Gasteiger charge is 2.44. The molecular weight excluding hydrogens is 412 g/mol. The van der Waals surface area contributed by atoms with Crippen molar-refractivity contribution in [2.45, 2.75) is 18.9 Å². The van der Waals surface area contributed by atoms with Crippen molar-refractivity contribution >= 4 is 47.9 Å². The maximum atomic E-state index is 6.30. The standard InChI is InChI=1S/C18H21ClN8O.H2S/c19-13-10(1-4-22-16(13)21)14-15-17(26-25-14)24-12(7-23-15)27-5-2-18(3-6-27)9-28-8-11(18)20;/h1,4,7,11H,2-3,5-6,8-9,20H2,(H2,21,22)(H,24,25,26);1H2/t11-;/m1./s1. The van der Waals surface area contributed by atoms with Gasteiger partial charge in [0, 0.05) is 36.3 Å². The van der Waals surface area contributed by atoms with Gasteiger partial charge < -0.3 is 21.1 Å². The second-order valence-corrected chi connectivity index (χ2v) is 7.91. The van der Waals surface area contributed by atoms with Gasteiger partial charge in [0.05, 0.1) is 30.1 Å². The summed E-state index contributed by atoms with van der Waals surface area (Å²) in [4.78, 5) is 15.5. The summed E-state index contributed by atoms with van der Waals surface area (Å²) in [5.41, 5.74) is 14.8. The van der Waals surface area contributed by atoms with Crippen LogP contribution in [0.4, 0.5) is 11.6 Å². The Bertz CT molecular complexity index is 1040. The van der Waals surface area contributed by atoms with Crippen molar-refractivity contribution in [2.24, 2.45) is 11.1 Å². The summed E-state index contributed by atoms with van der Waals surface area (Å²) < 4.78 is 5.60. The topological polar surface area (TPSA) is 132 Å². The van der Waals surface area contributed by atoms with Gasteiger partial charge in [-0.1, -0.05) is 11.6 Å². The number of nitrogens with two attached hydrogens (primary N) is 2. The zero-order valence-electron chi connectivity index (χ0n) is 15.7. The minimum Gasteiger partial charge on any atom is -0.382 e. The molecule has 0 saturated carbocycles. The fourth-order valence-corrected chi connectivity index (χ4v) is 4.36. The minimum absolute atomic E-state index is 0. The van der Waals surface area contributed by atoms with Crippen molar-refractivity contribution < 1.29 is 4.74 Å². The van der Waals surface area contributed by atoms with E-state index in [1.807, 2.05) is 0 Å². The Morgan fingerprint density at radius 3 is 2.79 bits per heavy atom. The third-order valence-corrected chi connectivity index (χ3v) is 6.39. The number of pyridine rings is 1. The molecule has 0 aromatic carbocycles. The highest BCUT2D eigenvalue weighted by atomic mass is 35.5. The van der Waals surface area contributed by atoms with Crippen LogP contribution in [0, 0.1) is 5.41 Å². The number of nitrogens with zero attached hydrogens (tertiary/aromatic N) is 5.